The number of anilines is 1. The molecule has 2 aromatic heterocycles. The van der Waals surface area contributed by atoms with Crippen molar-refractivity contribution in [2.24, 2.45) is 0 Å². The molecule has 33 heavy (non-hydrogen) atoms. The second-order valence-electron chi connectivity index (χ2n) is 6.30. The maximum Gasteiger partial charge on any atom is 0.330 e. The van der Waals surface area contributed by atoms with E-state index in [1.165, 1.54) is 0 Å². The number of aromatic nitrogens is 4. The first-order valence-corrected chi connectivity index (χ1v) is 12.6. The number of hydrogen-bond donors (Lipinski definition) is 5. The lowest BCUT2D eigenvalue weighted by Crippen LogP contribution is -2.35. The van der Waals surface area contributed by atoms with Crippen molar-refractivity contribution in [1.29, 1.82) is 0 Å². The Hall–Kier alpha value is -1.76. The zero-order valence-corrected chi connectivity index (χ0v) is 18.2. The normalized spacial score (nSPS) is 27.5. The number of aliphatic hydroxyl groups excluding tert-OH is 2. The molecule has 0 spiro atoms. The van der Waals surface area contributed by atoms with E-state index in [4.69, 9.17) is 10.5 Å². The lowest BCUT2D eigenvalue weighted by atomic mass is 10.1. The first kappa shape index (κ1) is 25.9. The minimum Gasteiger partial charge on any atom is -0.790 e. The van der Waals surface area contributed by atoms with Gasteiger partial charge in [0.15, 0.2) is 17.4 Å². The molecule has 1 saturated heterocycles. The third-order valence-corrected chi connectivity index (χ3v) is 7.65. The summed E-state index contributed by atoms with van der Waals surface area (Å²) in [7, 11) is -18.3. The van der Waals surface area contributed by atoms with E-state index in [-0.39, 0.29) is 11.2 Å². The van der Waals surface area contributed by atoms with Gasteiger partial charge in [0.1, 0.15) is 18.3 Å². The quantitative estimate of drug-likeness (QED) is 0.197. The zero-order valence-electron chi connectivity index (χ0n) is 15.5. The molecule has 1 aliphatic rings. The second kappa shape index (κ2) is 8.79. The van der Waals surface area contributed by atoms with Gasteiger partial charge in [0.2, 0.25) is 5.95 Å². The third-order valence-electron chi connectivity index (χ3n) is 3.99. The average molecular weight is 535 g/mol. The number of nitrogens with zero attached hydrogens (tertiary/aromatic N) is 2. The monoisotopic (exact) mass is 535 g/mol. The van der Waals surface area contributed by atoms with Crippen molar-refractivity contribution >= 4 is 40.6 Å². The van der Waals surface area contributed by atoms with Crippen molar-refractivity contribution in [3.63, 3.8) is 0 Å². The Labute approximate surface area is 180 Å². The van der Waals surface area contributed by atoms with Crippen molar-refractivity contribution < 1.29 is 61.4 Å². The topological polar surface area (TPSA) is 330 Å². The van der Waals surface area contributed by atoms with Gasteiger partial charge in [0.05, 0.1) is 14.4 Å². The molecule has 23 heteroatoms. The minimum absolute atomic E-state index is 0.364. The summed E-state index contributed by atoms with van der Waals surface area (Å²) in [6, 6.07) is 0. The fraction of sp³-hybridized carbons (Fsp3) is 0.500. The number of aliphatic hydroxyl groups is 2. The van der Waals surface area contributed by atoms with Crippen LogP contribution in [0, 0.1) is 0 Å². The molecule has 1 fully saturated rings. The van der Waals surface area contributed by atoms with Crippen molar-refractivity contribution in [2.45, 2.75) is 24.5 Å². The van der Waals surface area contributed by atoms with Crippen molar-refractivity contribution in [2.75, 3.05) is 12.3 Å². The molecule has 0 bridgehead atoms. The highest BCUT2D eigenvalue weighted by Gasteiger charge is 2.45. The number of ether oxygens (including phenoxy) is 1. The minimum atomic E-state index is -6.21. The van der Waals surface area contributed by atoms with Gasteiger partial charge in [0.25, 0.3) is 21.2 Å². The molecule has 0 radical (unpaired) electrons. The first-order valence-electron chi connectivity index (χ1n) is 8.23. The maximum absolute atomic E-state index is 12.2. The van der Waals surface area contributed by atoms with E-state index >= 15 is 0 Å². The molecular formula is C10H12N5O15P3-4. The Balaban J connectivity index is 1.78. The Morgan fingerprint density at radius 1 is 1.06 bits per heavy atom. The summed E-state index contributed by atoms with van der Waals surface area (Å²) in [6.07, 6.45) is -7.37. The van der Waals surface area contributed by atoms with Crippen molar-refractivity contribution in [1.82, 2.24) is 19.5 Å². The molecule has 2 aromatic rings. The number of phosphoric acid groups is 3. The van der Waals surface area contributed by atoms with Crippen LogP contribution in [0.5, 0.6) is 0 Å². The molecule has 3 heterocycles. The predicted octanol–water partition coefficient (Wildman–Crippen LogP) is -5.57. The Morgan fingerprint density at radius 2 is 1.70 bits per heavy atom. The highest BCUT2D eigenvalue weighted by atomic mass is 31.3. The van der Waals surface area contributed by atoms with E-state index < -0.39 is 71.8 Å². The van der Waals surface area contributed by atoms with Crippen LogP contribution in [0.3, 0.4) is 0 Å². The molecule has 0 amide bonds. The van der Waals surface area contributed by atoms with E-state index in [1.807, 2.05) is 0 Å². The van der Waals surface area contributed by atoms with Crippen LogP contribution < -0.4 is 36.6 Å². The van der Waals surface area contributed by atoms with Crippen LogP contribution >= 0.6 is 23.5 Å². The third kappa shape index (κ3) is 5.84. The van der Waals surface area contributed by atoms with E-state index in [0.29, 0.717) is 4.57 Å². The molecule has 0 aromatic carbocycles. The van der Waals surface area contributed by atoms with Crippen molar-refractivity contribution in [3.8, 4) is 0 Å². The molecule has 0 saturated carbocycles. The van der Waals surface area contributed by atoms with Crippen LogP contribution in [0.1, 0.15) is 6.23 Å². The van der Waals surface area contributed by atoms with E-state index in [1.54, 1.807) is 0 Å². The Bertz CT molecular complexity index is 1310. The fourth-order valence-corrected chi connectivity index (χ4v) is 5.66. The van der Waals surface area contributed by atoms with Crippen LogP contribution in [-0.4, -0.2) is 54.7 Å². The number of H-pyrrole nitrogens is 2. The highest BCUT2D eigenvalue weighted by molar-refractivity contribution is 7.64. The summed E-state index contributed by atoms with van der Waals surface area (Å²) in [5.41, 5.74) is 2.77. The summed E-state index contributed by atoms with van der Waals surface area (Å²) >= 11 is 0. The summed E-state index contributed by atoms with van der Waals surface area (Å²) in [5.74, 6) is -0.414. The number of aromatic amines is 2. The second-order valence-corrected chi connectivity index (χ2v) is 10.5. The smallest absolute Gasteiger partial charge is 0.330 e. The molecule has 1 aliphatic heterocycles. The predicted molar refractivity (Wildman–Crippen MR) is 92.3 cm³/mol. The number of hydrogen-bond acceptors (Lipinski definition) is 17. The number of nitrogens with one attached hydrogen (secondary N) is 2. The SMILES string of the molecule is Nc1nc2c([nH]c(=O)n2C2OC(COP(=O)([O-])OP(=O)([O-])OP(=O)([O-])[O-])C(O)C2O)c(=O)[nH]1. The van der Waals surface area contributed by atoms with Crippen molar-refractivity contribution in [3.05, 3.63) is 20.8 Å². The fourth-order valence-electron chi connectivity index (χ4n) is 2.79. The van der Waals surface area contributed by atoms with E-state index in [9.17, 15) is 53.1 Å². The van der Waals surface area contributed by atoms with Gasteiger partial charge in [-0.15, -0.1) is 0 Å². The van der Waals surface area contributed by atoms with Gasteiger partial charge in [-0.1, -0.05) is 0 Å². The van der Waals surface area contributed by atoms with Gasteiger partial charge in [-0.2, -0.15) is 4.98 Å². The number of rotatable bonds is 8. The van der Waals surface area contributed by atoms with Crippen LogP contribution in [0.2, 0.25) is 0 Å². The molecule has 3 rings (SSSR count). The van der Waals surface area contributed by atoms with E-state index in [2.05, 4.69) is 28.1 Å². The summed E-state index contributed by atoms with van der Waals surface area (Å²) in [5, 5.41) is 20.3. The van der Waals surface area contributed by atoms with Gasteiger partial charge < -0.3 is 49.3 Å². The highest BCUT2D eigenvalue weighted by Crippen LogP contribution is 2.60. The summed E-state index contributed by atoms with van der Waals surface area (Å²) in [6.45, 7) is -1.23. The van der Waals surface area contributed by atoms with Gasteiger partial charge in [0, 0.05) is 0 Å². The standard InChI is InChI=1S/C10H16N5O15P3/c11-9-13-6-3(7(18)14-9)12-10(19)15(6)8-5(17)4(16)2(28-8)1-27-32(23,24)30-33(25,26)29-31(20,21)22/h2,4-5,8,16-17H,1H2,(H,12,19)(H,23,24)(H,25,26)(H2,20,21,22)(H3,11,13,14,18)/p-4. The van der Waals surface area contributed by atoms with Gasteiger partial charge in [-0.05, 0) is 0 Å². The lowest BCUT2D eigenvalue weighted by molar-refractivity contribution is -0.339. The zero-order chi connectivity index (χ0) is 24.9. The lowest BCUT2D eigenvalue weighted by Gasteiger charge is -2.37. The number of imidazole rings is 1. The van der Waals surface area contributed by atoms with Gasteiger partial charge in [-0.25, -0.2) is 13.7 Å². The van der Waals surface area contributed by atoms with Gasteiger partial charge >= 0.3 is 5.69 Å². The molecule has 20 nitrogen and oxygen atoms in total. The molecule has 6 unspecified atom stereocenters. The molecule has 6 atom stereocenters. The molecule has 0 aliphatic carbocycles. The molecule has 6 N–H and O–H groups in total. The van der Waals surface area contributed by atoms with Crippen LogP contribution in [-0.2, 0) is 31.6 Å². The maximum atomic E-state index is 12.2. The van der Waals surface area contributed by atoms with Crippen LogP contribution in [0.4, 0.5) is 5.95 Å². The Morgan fingerprint density at radius 3 is 2.30 bits per heavy atom. The summed E-state index contributed by atoms with van der Waals surface area (Å²) < 4.78 is 49.4. The average Bonchev–Trinajstić information content (AvgIpc) is 3.07. The number of fused-ring (bicyclic) bond motifs is 1. The van der Waals surface area contributed by atoms with Gasteiger partial charge in [-0.3, -0.25) is 28.2 Å². The number of nitrogen functional groups attached to an aromatic ring is 1. The van der Waals surface area contributed by atoms with Crippen LogP contribution in [0.15, 0.2) is 9.59 Å². The molecular weight excluding hydrogens is 523 g/mol. The number of nitrogens with two attached hydrogens (primary N) is 1. The first-order chi connectivity index (χ1) is 15.0. The largest absolute Gasteiger partial charge is 0.790 e. The Kier molecular flexibility index (Phi) is 6.89. The van der Waals surface area contributed by atoms with Crippen LogP contribution in [0.25, 0.3) is 11.2 Å². The summed E-state index contributed by atoms with van der Waals surface area (Å²) in [4.78, 5) is 75.4. The number of phosphoric ester groups is 1. The van der Waals surface area contributed by atoms with E-state index in [0.717, 1.165) is 0 Å². The molecule has 186 valence electrons.